The van der Waals surface area contributed by atoms with Crippen LogP contribution in [0.15, 0.2) is 59.7 Å². The number of rotatable bonds is 2. The Morgan fingerprint density at radius 3 is 2.84 bits per heavy atom. The number of hydrogen-bond donors (Lipinski definition) is 3. The van der Waals surface area contributed by atoms with Gasteiger partial charge in [-0.15, -0.1) is 0 Å². The van der Waals surface area contributed by atoms with Crippen molar-refractivity contribution in [3.05, 3.63) is 70.6 Å². The molecule has 6 nitrogen and oxygen atoms in total. The number of aromatic nitrogens is 3. The summed E-state index contributed by atoms with van der Waals surface area (Å²) in [5.74, 6) is -0.0724. The van der Waals surface area contributed by atoms with Crippen molar-refractivity contribution in [2.75, 3.05) is 5.73 Å². The second-order valence-corrected chi connectivity index (χ2v) is 5.99. The summed E-state index contributed by atoms with van der Waals surface area (Å²) in [5, 5.41) is 17.8. The fourth-order valence-corrected chi connectivity index (χ4v) is 2.94. The van der Waals surface area contributed by atoms with Gasteiger partial charge >= 0.3 is 0 Å². The number of pyridine rings is 1. The van der Waals surface area contributed by atoms with Crippen LogP contribution in [0.2, 0.25) is 0 Å². The highest BCUT2D eigenvalue weighted by molar-refractivity contribution is 5.84. The summed E-state index contributed by atoms with van der Waals surface area (Å²) in [5.41, 5.74) is 10.4. The number of anilines is 1. The standard InChI is InChI=1S/C19H16N4O2/c1-11-2-5-14(23-10-18(25)17(24)8-19(23)20)7-15(11)12-3-4-13-9-21-22-16(13)6-12/h2-10,25H,20H2,1H3,(H,21,22). The highest BCUT2D eigenvalue weighted by Crippen LogP contribution is 2.29. The highest BCUT2D eigenvalue weighted by Gasteiger charge is 2.09. The molecule has 6 heteroatoms. The summed E-state index contributed by atoms with van der Waals surface area (Å²) in [4.78, 5) is 11.5. The highest BCUT2D eigenvalue weighted by atomic mass is 16.3. The van der Waals surface area contributed by atoms with E-state index in [1.807, 2.05) is 43.3 Å². The fourth-order valence-electron chi connectivity index (χ4n) is 2.94. The Balaban J connectivity index is 1.89. The summed E-state index contributed by atoms with van der Waals surface area (Å²) in [7, 11) is 0. The van der Waals surface area contributed by atoms with Crippen molar-refractivity contribution in [2.24, 2.45) is 0 Å². The summed E-state index contributed by atoms with van der Waals surface area (Å²) in [6.07, 6.45) is 3.12. The maximum absolute atomic E-state index is 11.5. The second-order valence-electron chi connectivity index (χ2n) is 5.99. The Labute approximate surface area is 143 Å². The molecular weight excluding hydrogens is 316 g/mol. The minimum atomic E-state index is -0.495. The number of hydrogen-bond acceptors (Lipinski definition) is 4. The van der Waals surface area contributed by atoms with Gasteiger partial charge in [-0.05, 0) is 41.8 Å². The number of H-pyrrole nitrogens is 1. The molecule has 0 radical (unpaired) electrons. The molecule has 0 bridgehead atoms. The fraction of sp³-hybridized carbons (Fsp3) is 0.0526. The molecule has 0 atom stereocenters. The number of nitrogens with two attached hydrogens (primary N) is 1. The largest absolute Gasteiger partial charge is 0.503 e. The van der Waals surface area contributed by atoms with Gasteiger partial charge in [-0.2, -0.15) is 5.10 Å². The average molecular weight is 332 g/mol. The van der Waals surface area contributed by atoms with E-state index >= 15 is 0 Å². The molecule has 0 aliphatic rings. The molecule has 2 aromatic heterocycles. The topological polar surface area (TPSA) is 96.9 Å². The van der Waals surface area contributed by atoms with Gasteiger partial charge in [0.25, 0.3) is 0 Å². The number of nitrogens with zero attached hydrogens (tertiary/aromatic N) is 2. The zero-order chi connectivity index (χ0) is 17.6. The molecule has 25 heavy (non-hydrogen) atoms. The lowest BCUT2D eigenvalue weighted by Gasteiger charge is -2.14. The summed E-state index contributed by atoms with van der Waals surface area (Å²) >= 11 is 0. The third-order valence-electron chi connectivity index (χ3n) is 4.31. The number of aromatic amines is 1. The Bertz CT molecular complexity index is 1160. The van der Waals surface area contributed by atoms with E-state index in [4.69, 9.17) is 5.73 Å². The van der Waals surface area contributed by atoms with Gasteiger partial charge in [-0.1, -0.05) is 18.2 Å². The molecule has 124 valence electrons. The van der Waals surface area contributed by atoms with Crippen LogP contribution in [0.1, 0.15) is 5.56 Å². The molecule has 0 unspecified atom stereocenters. The van der Waals surface area contributed by atoms with E-state index in [9.17, 15) is 9.90 Å². The predicted octanol–water partition coefficient (Wildman–Crippen LogP) is 2.98. The van der Waals surface area contributed by atoms with Crippen LogP contribution < -0.4 is 11.2 Å². The zero-order valence-electron chi connectivity index (χ0n) is 13.5. The Morgan fingerprint density at radius 1 is 1.16 bits per heavy atom. The number of benzene rings is 2. The van der Waals surface area contributed by atoms with Crippen LogP contribution in [0.25, 0.3) is 27.7 Å². The predicted molar refractivity (Wildman–Crippen MR) is 97.9 cm³/mol. The summed E-state index contributed by atoms with van der Waals surface area (Å²) < 4.78 is 1.59. The number of fused-ring (bicyclic) bond motifs is 1. The molecule has 0 saturated carbocycles. The van der Waals surface area contributed by atoms with Gasteiger partial charge in [0.1, 0.15) is 5.82 Å². The molecule has 0 aliphatic heterocycles. The van der Waals surface area contributed by atoms with Gasteiger partial charge in [-0.25, -0.2) is 0 Å². The lowest BCUT2D eigenvalue weighted by Crippen LogP contribution is -2.10. The van der Waals surface area contributed by atoms with Gasteiger partial charge in [0.15, 0.2) is 5.75 Å². The van der Waals surface area contributed by atoms with E-state index in [1.165, 1.54) is 12.3 Å². The lowest BCUT2D eigenvalue weighted by molar-refractivity contribution is 0.466. The van der Waals surface area contributed by atoms with E-state index in [2.05, 4.69) is 10.2 Å². The van der Waals surface area contributed by atoms with Gasteiger partial charge < -0.3 is 10.8 Å². The van der Waals surface area contributed by atoms with Crippen molar-refractivity contribution < 1.29 is 5.11 Å². The normalized spacial score (nSPS) is 11.1. The van der Waals surface area contributed by atoms with Crippen LogP contribution in [0, 0.1) is 6.92 Å². The minimum Gasteiger partial charge on any atom is -0.503 e. The molecule has 4 rings (SSSR count). The Morgan fingerprint density at radius 2 is 2.00 bits per heavy atom. The molecule has 2 aromatic carbocycles. The average Bonchev–Trinajstić information content (AvgIpc) is 3.06. The second kappa shape index (κ2) is 5.52. The molecule has 0 saturated heterocycles. The Hall–Kier alpha value is -3.54. The first kappa shape index (κ1) is 15.0. The number of aryl methyl sites for hydroxylation is 1. The van der Waals surface area contributed by atoms with Crippen molar-refractivity contribution in [3.63, 3.8) is 0 Å². The molecule has 0 spiro atoms. The lowest BCUT2D eigenvalue weighted by atomic mass is 9.99. The number of nitrogens with one attached hydrogen (secondary N) is 1. The van der Waals surface area contributed by atoms with E-state index in [-0.39, 0.29) is 11.6 Å². The van der Waals surface area contributed by atoms with Crippen LogP contribution in [0.3, 0.4) is 0 Å². The Kier molecular flexibility index (Phi) is 3.32. The van der Waals surface area contributed by atoms with Crippen LogP contribution in [0.5, 0.6) is 5.75 Å². The minimum absolute atomic E-state index is 0.265. The molecule has 0 amide bonds. The molecule has 0 aliphatic carbocycles. The quantitative estimate of drug-likeness (QED) is 0.526. The molecule has 4 aromatic rings. The van der Waals surface area contributed by atoms with Crippen molar-refractivity contribution >= 4 is 16.7 Å². The van der Waals surface area contributed by atoms with E-state index in [1.54, 1.807) is 10.8 Å². The first-order chi connectivity index (χ1) is 12.0. The number of nitrogen functional groups attached to an aromatic ring is 1. The van der Waals surface area contributed by atoms with Crippen LogP contribution in [-0.2, 0) is 0 Å². The van der Waals surface area contributed by atoms with Crippen molar-refractivity contribution in [3.8, 4) is 22.6 Å². The summed E-state index contributed by atoms with van der Waals surface area (Å²) in [6, 6.07) is 13.2. The molecule has 2 heterocycles. The zero-order valence-corrected chi connectivity index (χ0v) is 13.5. The first-order valence-electron chi connectivity index (χ1n) is 7.78. The molecule has 0 fully saturated rings. The monoisotopic (exact) mass is 332 g/mol. The van der Waals surface area contributed by atoms with Crippen LogP contribution in [0.4, 0.5) is 5.82 Å². The molecular formula is C19H16N4O2. The molecule has 4 N–H and O–H groups in total. The summed E-state index contributed by atoms with van der Waals surface area (Å²) in [6.45, 7) is 2.03. The van der Waals surface area contributed by atoms with Crippen molar-refractivity contribution in [1.82, 2.24) is 14.8 Å². The van der Waals surface area contributed by atoms with Crippen molar-refractivity contribution in [2.45, 2.75) is 6.92 Å². The van der Waals surface area contributed by atoms with Crippen LogP contribution in [-0.4, -0.2) is 19.9 Å². The number of aromatic hydroxyl groups is 1. The van der Waals surface area contributed by atoms with Gasteiger partial charge in [-0.3, -0.25) is 14.5 Å². The third-order valence-corrected chi connectivity index (χ3v) is 4.31. The SMILES string of the molecule is Cc1ccc(-n2cc(O)c(=O)cc2N)cc1-c1ccc2cn[nH]c2c1. The first-order valence-corrected chi connectivity index (χ1v) is 7.78. The van der Waals surface area contributed by atoms with E-state index in [0.717, 1.165) is 33.3 Å². The van der Waals surface area contributed by atoms with Gasteiger partial charge in [0.2, 0.25) is 5.43 Å². The third kappa shape index (κ3) is 2.53. The van der Waals surface area contributed by atoms with Crippen LogP contribution >= 0.6 is 0 Å². The smallest absolute Gasteiger partial charge is 0.225 e. The van der Waals surface area contributed by atoms with E-state index < -0.39 is 5.43 Å². The van der Waals surface area contributed by atoms with Gasteiger partial charge in [0.05, 0.1) is 17.9 Å². The maximum Gasteiger partial charge on any atom is 0.225 e. The maximum atomic E-state index is 11.5. The van der Waals surface area contributed by atoms with E-state index in [0.29, 0.717) is 0 Å². The van der Waals surface area contributed by atoms with Crippen molar-refractivity contribution in [1.29, 1.82) is 0 Å². The van der Waals surface area contributed by atoms with Gasteiger partial charge in [0, 0.05) is 17.1 Å².